The van der Waals surface area contributed by atoms with Crippen molar-refractivity contribution in [3.63, 3.8) is 0 Å². The zero-order chi connectivity index (χ0) is 17.8. The van der Waals surface area contributed by atoms with Crippen molar-refractivity contribution in [2.45, 2.75) is 6.42 Å². The van der Waals surface area contributed by atoms with Crippen molar-refractivity contribution < 1.29 is 14.0 Å². The van der Waals surface area contributed by atoms with E-state index in [-0.39, 0.29) is 24.8 Å². The highest BCUT2D eigenvalue weighted by Crippen LogP contribution is 2.32. The number of halogens is 1. The Balaban J connectivity index is 1.57. The number of anilines is 1. The largest absolute Gasteiger partial charge is 0.465 e. The van der Waals surface area contributed by atoms with Crippen LogP contribution >= 0.6 is 39.9 Å². The Labute approximate surface area is 162 Å². The Bertz CT molecular complexity index is 832. The molecule has 0 spiro atoms. The average molecular weight is 437 g/mol. The molecule has 0 aliphatic carbocycles. The van der Waals surface area contributed by atoms with Gasteiger partial charge >= 0.3 is 0 Å². The second kappa shape index (κ2) is 7.99. The molecule has 5 nitrogen and oxygen atoms in total. The van der Waals surface area contributed by atoms with E-state index in [4.69, 9.17) is 16.6 Å². The minimum Gasteiger partial charge on any atom is -0.465 e. The Hall–Kier alpha value is -1.90. The molecule has 8 heteroatoms. The monoisotopic (exact) mass is 436 g/mol. The third kappa shape index (κ3) is 4.59. The normalized spacial score (nSPS) is 15.9. The second-order valence-electron chi connectivity index (χ2n) is 5.15. The summed E-state index contributed by atoms with van der Waals surface area (Å²) in [6.45, 7) is 0.239. The molecular weight excluding hydrogens is 424 g/mol. The van der Waals surface area contributed by atoms with E-state index in [0.717, 1.165) is 4.47 Å². The molecule has 1 saturated heterocycles. The maximum absolute atomic E-state index is 12.4. The summed E-state index contributed by atoms with van der Waals surface area (Å²) < 4.78 is 6.60. The molecule has 0 saturated carbocycles. The van der Waals surface area contributed by atoms with Crippen molar-refractivity contribution in [2.75, 3.05) is 11.9 Å². The topological polar surface area (TPSA) is 62.6 Å². The van der Waals surface area contributed by atoms with E-state index < -0.39 is 0 Å². The highest BCUT2D eigenvalue weighted by Gasteiger charge is 2.32. The number of nitrogens with zero attached hydrogens (tertiary/aromatic N) is 1. The average Bonchev–Trinajstić information content (AvgIpc) is 3.18. The van der Waals surface area contributed by atoms with Gasteiger partial charge in [0.25, 0.3) is 5.91 Å². The van der Waals surface area contributed by atoms with Crippen molar-refractivity contribution in [1.29, 1.82) is 0 Å². The van der Waals surface area contributed by atoms with Crippen molar-refractivity contribution in [3.8, 4) is 0 Å². The minimum absolute atomic E-state index is 0.163. The van der Waals surface area contributed by atoms with Gasteiger partial charge in [-0.15, -0.1) is 0 Å². The first-order valence-electron chi connectivity index (χ1n) is 7.37. The van der Waals surface area contributed by atoms with Gasteiger partial charge in [0.2, 0.25) is 5.91 Å². The molecule has 1 aliphatic heterocycles. The molecule has 0 atom stereocenters. The van der Waals surface area contributed by atoms with Gasteiger partial charge < -0.3 is 9.73 Å². The molecule has 128 valence electrons. The van der Waals surface area contributed by atoms with Crippen LogP contribution in [0.5, 0.6) is 0 Å². The number of hydrogen-bond donors (Lipinski definition) is 1. The molecule has 0 bridgehead atoms. The van der Waals surface area contributed by atoms with Crippen LogP contribution in [0, 0.1) is 0 Å². The molecule has 1 aromatic carbocycles. The quantitative estimate of drug-likeness (QED) is 0.559. The summed E-state index contributed by atoms with van der Waals surface area (Å²) in [6.07, 6.45) is 3.36. The summed E-state index contributed by atoms with van der Waals surface area (Å²) in [5.74, 6) is 0.211. The molecule has 1 aromatic heterocycles. The first-order valence-corrected chi connectivity index (χ1v) is 9.39. The van der Waals surface area contributed by atoms with Crippen molar-refractivity contribution >= 4 is 67.8 Å². The van der Waals surface area contributed by atoms with Gasteiger partial charge in [-0.2, -0.15) is 0 Å². The van der Waals surface area contributed by atoms with Crippen LogP contribution in [0.4, 0.5) is 5.69 Å². The number of benzene rings is 1. The first kappa shape index (κ1) is 17.9. The lowest BCUT2D eigenvalue weighted by Crippen LogP contribution is -2.31. The molecule has 3 rings (SSSR count). The van der Waals surface area contributed by atoms with Crippen LogP contribution in [-0.4, -0.2) is 27.6 Å². The molecule has 1 aliphatic rings. The zero-order valence-corrected chi connectivity index (χ0v) is 16.1. The number of hydrogen-bond acceptors (Lipinski definition) is 5. The molecular formula is C17H13BrN2O3S2. The lowest BCUT2D eigenvalue weighted by atomic mass is 10.3. The van der Waals surface area contributed by atoms with Gasteiger partial charge in [-0.25, -0.2) is 0 Å². The Morgan fingerprint density at radius 1 is 1.32 bits per heavy atom. The van der Waals surface area contributed by atoms with Crippen LogP contribution in [0.2, 0.25) is 0 Å². The van der Waals surface area contributed by atoms with Gasteiger partial charge in [-0.1, -0.05) is 39.9 Å². The molecule has 2 amide bonds. The number of carbonyl (C=O) groups is 2. The summed E-state index contributed by atoms with van der Waals surface area (Å²) in [6, 6.07) is 10.8. The Morgan fingerprint density at radius 2 is 2.08 bits per heavy atom. The van der Waals surface area contributed by atoms with Gasteiger partial charge in [-0.05, 0) is 36.4 Å². The van der Waals surface area contributed by atoms with Crippen LogP contribution < -0.4 is 5.32 Å². The van der Waals surface area contributed by atoms with Gasteiger partial charge in [0.15, 0.2) is 0 Å². The van der Waals surface area contributed by atoms with Gasteiger partial charge in [0.1, 0.15) is 10.1 Å². The summed E-state index contributed by atoms with van der Waals surface area (Å²) in [4.78, 5) is 26.4. The van der Waals surface area contributed by atoms with Gasteiger partial charge in [-0.3, -0.25) is 14.5 Å². The lowest BCUT2D eigenvalue weighted by Gasteiger charge is -2.14. The molecule has 25 heavy (non-hydrogen) atoms. The van der Waals surface area contributed by atoms with E-state index in [0.29, 0.717) is 20.7 Å². The fourth-order valence-electron chi connectivity index (χ4n) is 2.17. The minimum atomic E-state index is -0.206. The van der Waals surface area contributed by atoms with Crippen LogP contribution in [0.1, 0.15) is 12.2 Å². The first-order chi connectivity index (χ1) is 12.0. The molecule has 2 aromatic rings. The number of nitrogens with one attached hydrogen (secondary N) is 1. The van der Waals surface area contributed by atoms with E-state index in [1.54, 1.807) is 36.6 Å². The summed E-state index contributed by atoms with van der Waals surface area (Å²) in [5.41, 5.74) is 0.705. The number of thiocarbonyl (C=S) groups is 1. The van der Waals surface area contributed by atoms with Crippen LogP contribution in [0.3, 0.4) is 0 Å². The molecule has 0 radical (unpaired) electrons. The van der Waals surface area contributed by atoms with E-state index in [9.17, 15) is 9.59 Å². The third-order valence-corrected chi connectivity index (χ3v) is 5.29. The smallest absolute Gasteiger partial charge is 0.266 e. The highest BCUT2D eigenvalue weighted by atomic mass is 79.9. The maximum atomic E-state index is 12.4. The number of amides is 2. The van der Waals surface area contributed by atoms with E-state index in [2.05, 4.69) is 21.2 Å². The number of furan rings is 1. The maximum Gasteiger partial charge on any atom is 0.266 e. The Kier molecular flexibility index (Phi) is 5.72. The number of thioether (sulfide) groups is 1. The Morgan fingerprint density at radius 3 is 2.76 bits per heavy atom. The van der Waals surface area contributed by atoms with Crippen LogP contribution in [0.15, 0.2) is 56.5 Å². The SMILES string of the molecule is O=C(CCN1C(=O)/C(=C\c2ccco2)SC1=S)Nc1ccc(Br)cc1. The lowest BCUT2D eigenvalue weighted by molar-refractivity contribution is -0.122. The predicted octanol–water partition coefficient (Wildman–Crippen LogP) is 4.27. The van der Waals surface area contributed by atoms with E-state index in [1.165, 1.54) is 16.7 Å². The standard InChI is InChI=1S/C17H13BrN2O3S2/c18-11-3-5-12(6-4-11)19-15(21)7-8-20-16(22)14(25-17(20)24)10-13-2-1-9-23-13/h1-6,9-10H,7-8H2,(H,19,21)/b14-10+. The van der Waals surface area contributed by atoms with E-state index in [1.807, 2.05) is 12.1 Å². The van der Waals surface area contributed by atoms with Crippen LogP contribution in [-0.2, 0) is 9.59 Å². The molecule has 2 heterocycles. The number of carbonyl (C=O) groups excluding carboxylic acids is 2. The predicted molar refractivity (Wildman–Crippen MR) is 106 cm³/mol. The zero-order valence-electron chi connectivity index (χ0n) is 12.9. The van der Waals surface area contributed by atoms with E-state index >= 15 is 0 Å². The second-order valence-corrected chi connectivity index (χ2v) is 7.75. The summed E-state index contributed by atoms with van der Waals surface area (Å²) in [7, 11) is 0. The summed E-state index contributed by atoms with van der Waals surface area (Å²) >= 11 is 9.80. The van der Waals surface area contributed by atoms with Gasteiger partial charge in [0.05, 0.1) is 11.2 Å². The molecule has 0 unspecified atom stereocenters. The highest BCUT2D eigenvalue weighted by molar-refractivity contribution is 9.10. The third-order valence-electron chi connectivity index (χ3n) is 3.38. The molecule has 1 fully saturated rings. The van der Waals surface area contributed by atoms with Crippen molar-refractivity contribution in [1.82, 2.24) is 4.90 Å². The fourth-order valence-corrected chi connectivity index (χ4v) is 3.72. The van der Waals surface area contributed by atoms with Crippen molar-refractivity contribution in [2.24, 2.45) is 0 Å². The van der Waals surface area contributed by atoms with Crippen LogP contribution in [0.25, 0.3) is 6.08 Å². The molecule has 1 N–H and O–H groups in total. The summed E-state index contributed by atoms with van der Waals surface area (Å²) in [5, 5.41) is 2.79. The van der Waals surface area contributed by atoms with Gasteiger partial charge in [0, 0.05) is 29.2 Å². The van der Waals surface area contributed by atoms with Crippen molar-refractivity contribution in [3.05, 3.63) is 57.8 Å². The fraction of sp³-hybridized carbons (Fsp3) is 0.118. The number of rotatable bonds is 5.